The molecule has 0 atom stereocenters. The first kappa shape index (κ1) is 15.9. The molecule has 1 aliphatic rings. The molecule has 7 heteroatoms. The number of nitrogens with zero attached hydrogens (tertiary/aromatic N) is 5. The number of hydrogen-bond acceptors (Lipinski definition) is 6. The number of rotatable bonds is 3. The van der Waals surface area contributed by atoms with Crippen LogP contribution in [0.2, 0.25) is 0 Å². The van der Waals surface area contributed by atoms with E-state index in [2.05, 4.69) is 52.1 Å². The zero-order valence-electron chi connectivity index (χ0n) is 13.2. The third-order valence-corrected chi connectivity index (χ3v) is 5.39. The molecule has 0 N–H and O–H groups in total. The molecule has 1 fully saturated rings. The van der Waals surface area contributed by atoms with Gasteiger partial charge in [-0.15, -0.1) is 11.3 Å². The molecule has 0 radical (unpaired) electrons. The molecule has 3 aromatic heterocycles. The predicted octanol–water partition coefficient (Wildman–Crippen LogP) is 3.56. The maximum absolute atomic E-state index is 4.59. The van der Waals surface area contributed by atoms with E-state index < -0.39 is 0 Å². The first-order chi connectivity index (χ1) is 11.8. The summed E-state index contributed by atoms with van der Waals surface area (Å²) in [5.41, 5.74) is 6.18. The first-order valence-electron chi connectivity index (χ1n) is 8.04. The molecule has 0 aromatic carbocycles. The summed E-state index contributed by atoms with van der Waals surface area (Å²) in [6.07, 6.45) is 4.87. The number of fused-ring (bicyclic) bond motifs is 1. The molecule has 0 spiro atoms. The lowest BCUT2D eigenvalue weighted by atomic mass is 10.2. The van der Waals surface area contributed by atoms with Crippen molar-refractivity contribution in [3.8, 4) is 0 Å². The quantitative estimate of drug-likeness (QED) is 0.668. The highest BCUT2D eigenvalue weighted by Crippen LogP contribution is 2.26. The van der Waals surface area contributed by atoms with Gasteiger partial charge >= 0.3 is 0 Å². The lowest BCUT2D eigenvalue weighted by molar-refractivity contribution is 0.282. The van der Waals surface area contributed by atoms with Crippen molar-refractivity contribution in [1.29, 1.82) is 0 Å². The van der Waals surface area contributed by atoms with E-state index in [0.29, 0.717) is 0 Å². The van der Waals surface area contributed by atoms with E-state index in [0.717, 1.165) is 54.7 Å². The molecule has 4 rings (SSSR count). The molecule has 124 valence electrons. The number of pyridine rings is 2. The Bertz CT molecular complexity index is 823. The summed E-state index contributed by atoms with van der Waals surface area (Å²) in [6, 6.07) is 4.11. The van der Waals surface area contributed by atoms with Crippen LogP contribution in [-0.2, 0) is 6.54 Å². The van der Waals surface area contributed by atoms with Crippen LogP contribution in [0.1, 0.15) is 12.1 Å². The van der Waals surface area contributed by atoms with E-state index in [1.165, 1.54) is 11.4 Å². The van der Waals surface area contributed by atoms with Crippen LogP contribution in [0.3, 0.4) is 0 Å². The fourth-order valence-corrected chi connectivity index (χ4v) is 4.03. The van der Waals surface area contributed by atoms with Crippen molar-refractivity contribution in [2.24, 2.45) is 0 Å². The van der Waals surface area contributed by atoms with Crippen LogP contribution >= 0.6 is 27.3 Å². The van der Waals surface area contributed by atoms with Crippen molar-refractivity contribution in [3.63, 3.8) is 0 Å². The van der Waals surface area contributed by atoms with E-state index >= 15 is 0 Å². The Kier molecular flexibility index (Phi) is 4.73. The SMILES string of the molecule is Brc1cnc2c(N3CCCN(Cc4cscn4)CC3)ccnc2c1. The van der Waals surface area contributed by atoms with Crippen LogP contribution in [-0.4, -0.2) is 46.0 Å². The minimum atomic E-state index is 0.936. The van der Waals surface area contributed by atoms with Crippen molar-refractivity contribution < 1.29 is 0 Å². The minimum Gasteiger partial charge on any atom is -0.368 e. The summed E-state index contributed by atoms with van der Waals surface area (Å²) < 4.78 is 0.963. The van der Waals surface area contributed by atoms with Gasteiger partial charge in [-0.25, -0.2) is 4.98 Å². The van der Waals surface area contributed by atoms with E-state index in [4.69, 9.17) is 0 Å². The van der Waals surface area contributed by atoms with Crippen molar-refractivity contribution >= 4 is 44.0 Å². The molecule has 1 aliphatic heterocycles. The fraction of sp³-hybridized carbons (Fsp3) is 0.353. The molecule has 0 saturated carbocycles. The van der Waals surface area contributed by atoms with Crippen LogP contribution in [0.5, 0.6) is 0 Å². The summed E-state index contributed by atoms with van der Waals surface area (Å²) in [5.74, 6) is 0. The second-order valence-corrected chi connectivity index (χ2v) is 7.58. The molecular weight excluding hydrogens is 386 g/mol. The molecule has 24 heavy (non-hydrogen) atoms. The molecule has 1 saturated heterocycles. The van der Waals surface area contributed by atoms with Gasteiger partial charge in [0.1, 0.15) is 5.52 Å². The van der Waals surface area contributed by atoms with Crippen molar-refractivity contribution in [2.75, 3.05) is 31.1 Å². The lowest BCUT2D eigenvalue weighted by Gasteiger charge is -2.24. The highest BCUT2D eigenvalue weighted by atomic mass is 79.9. The van der Waals surface area contributed by atoms with Gasteiger partial charge in [0.05, 0.1) is 22.4 Å². The van der Waals surface area contributed by atoms with Gasteiger partial charge in [-0.05, 0) is 34.5 Å². The smallest absolute Gasteiger partial charge is 0.112 e. The maximum atomic E-state index is 4.59. The van der Waals surface area contributed by atoms with Crippen molar-refractivity contribution in [3.05, 3.63) is 45.6 Å². The van der Waals surface area contributed by atoms with Gasteiger partial charge < -0.3 is 4.90 Å². The van der Waals surface area contributed by atoms with Gasteiger partial charge in [0.25, 0.3) is 0 Å². The Hall–Kier alpha value is -1.57. The molecule has 3 aromatic rings. The summed E-state index contributed by atoms with van der Waals surface area (Å²) in [4.78, 5) is 18.4. The summed E-state index contributed by atoms with van der Waals surface area (Å²) in [7, 11) is 0. The Morgan fingerprint density at radius 2 is 2.08 bits per heavy atom. The molecule has 0 bridgehead atoms. The largest absolute Gasteiger partial charge is 0.368 e. The Labute approximate surface area is 153 Å². The Morgan fingerprint density at radius 3 is 2.96 bits per heavy atom. The van der Waals surface area contributed by atoms with Crippen LogP contribution in [0.25, 0.3) is 11.0 Å². The zero-order chi connectivity index (χ0) is 16.4. The lowest BCUT2D eigenvalue weighted by Crippen LogP contribution is -2.30. The van der Waals surface area contributed by atoms with Gasteiger partial charge in [0.15, 0.2) is 0 Å². The summed E-state index contributed by atoms with van der Waals surface area (Å²) >= 11 is 5.14. The average molecular weight is 404 g/mol. The van der Waals surface area contributed by atoms with Gasteiger partial charge in [0, 0.05) is 55.0 Å². The fourth-order valence-electron chi connectivity index (χ4n) is 3.16. The molecule has 0 unspecified atom stereocenters. The number of aromatic nitrogens is 3. The second-order valence-electron chi connectivity index (χ2n) is 5.95. The summed E-state index contributed by atoms with van der Waals surface area (Å²) in [6.45, 7) is 5.14. The van der Waals surface area contributed by atoms with Gasteiger partial charge in [-0.1, -0.05) is 0 Å². The van der Waals surface area contributed by atoms with Gasteiger partial charge in [0.2, 0.25) is 0 Å². The Morgan fingerprint density at radius 1 is 1.12 bits per heavy atom. The number of hydrogen-bond donors (Lipinski definition) is 0. The van der Waals surface area contributed by atoms with Crippen LogP contribution in [0.4, 0.5) is 5.69 Å². The Balaban J connectivity index is 1.53. The third kappa shape index (κ3) is 3.43. The van der Waals surface area contributed by atoms with Crippen LogP contribution in [0, 0.1) is 0 Å². The van der Waals surface area contributed by atoms with Crippen LogP contribution in [0.15, 0.2) is 39.9 Å². The molecule has 0 aliphatic carbocycles. The topological polar surface area (TPSA) is 45.2 Å². The predicted molar refractivity (Wildman–Crippen MR) is 101 cm³/mol. The van der Waals surface area contributed by atoms with E-state index in [-0.39, 0.29) is 0 Å². The van der Waals surface area contributed by atoms with Crippen molar-refractivity contribution in [2.45, 2.75) is 13.0 Å². The standard InChI is InChI=1S/C17H18BrN5S/c18-13-8-15-17(20-9-13)16(2-3-19-15)23-5-1-4-22(6-7-23)10-14-11-24-12-21-14/h2-3,8-9,11-12H,1,4-7,10H2. The normalized spacial score (nSPS) is 16.5. The number of thiazole rings is 1. The molecular formula is C17H18BrN5S. The highest BCUT2D eigenvalue weighted by molar-refractivity contribution is 9.10. The zero-order valence-corrected chi connectivity index (χ0v) is 15.6. The summed E-state index contributed by atoms with van der Waals surface area (Å²) in [5, 5.41) is 2.14. The maximum Gasteiger partial charge on any atom is 0.112 e. The first-order valence-corrected chi connectivity index (χ1v) is 9.78. The van der Waals surface area contributed by atoms with E-state index in [1.54, 1.807) is 11.3 Å². The average Bonchev–Trinajstić information content (AvgIpc) is 2.99. The second kappa shape index (κ2) is 7.13. The number of anilines is 1. The van der Waals surface area contributed by atoms with Gasteiger partial charge in [-0.3, -0.25) is 14.9 Å². The van der Waals surface area contributed by atoms with Crippen molar-refractivity contribution in [1.82, 2.24) is 19.9 Å². The minimum absolute atomic E-state index is 0.936. The van der Waals surface area contributed by atoms with Gasteiger partial charge in [-0.2, -0.15) is 0 Å². The van der Waals surface area contributed by atoms with Crippen LogP contribution < -0.4 is 4.90 Å². The molecule has 4 heterocycles. The highest BCUT2D eigenvalue weighted by Gasteiger charge is 2.18. The monoisotopic (exact) mass is 403 g/mol. The molecule has 0 amide bonds. The number of halogens is 1. The van der Waals surface area contributed by atoms with E-state index in [9.17, 15) is 0 Å². The third-order valence-electron chi connectivity index (χ3n) is 4.32. The molecule has 5 nitrogen and oxygen atoms in total. The van der Waals surface area contributed by atoms with E-state index in [1.807, 2.05) is 24.0 Å².